The Morgan fingerprint density at radius 2 is 1.74 bits per heavy atom. The summed E-state index contributed by atoms with van der Waals surface area (Å²) in [6.07, 6.45) is 0. The number of thioether (sulfide) groups is 1. The monoisotopic (exact) mass is 473 g/mol. The number of aromatic nitrogens is 3. The summed E-state index contributed by atoms with van der Waals surface area (Å²) >= 11 is 1.34. The van der Waals surface area contributed by atoms with Crippen LogP contribution in [0.1, 0.15) is 27.3 Å². The van der Waals surface area contributed by atoms with Crippen LogP contribution in [0.2, 0.25) is 0 Å². The van der Waals surface area contributed by atoms with Gasteiger partial charge in [-0.3, -0.25) is 9.36 Å². The van der Waals surface area contributed by atoms with E-state index >= 15 is 0 Å². The molecular weight excluding hydrogens is 450 g/mol. The molecule has 0 atom stereocenters. The van der Waals surface area contributed by atoms with Gasteiger partial charge in [-0.2, -0.15) is 0 Å². The maximum Gasteiger partial charge on any atom is 0.231 e. The predicted octanol–water partition coefficient (Wildman–Crippen LogP) is 5.17. The van der Waals surface area contributed by atoms with Gasteiger partial charge in [0.05, 0.1) is 5.75 Å². The number of fused-ring (bicyclic) bond motifs is 1. The maximum atomic E-state index is 12.9. The van der Waals surface area contributed by atoms with E-state index in [-0.39, 0.29) is 24.9 Å². The molecule has 0 saturated heterocycles. The maximum absolute atomic E-state index is 12.9. The molecule has 0 bridgehead atoms. The standard InChI is InChI=1S/C26H23N3O4S/c1-17-7-6-8-18(2)25(17)31-14-24-27-28-26(29(24)20-9-4-3-5-10-20)34-15-21(30)19-11-12-22-23(13-19)33-16-32-22/h3-13H,14-16H2,1-2H3. The first-order valence-electron chi connectivity index (χ1n) is 10.8. The van der Waals surface area contributed by atoms with E-state index in [1.165, 1.54) is 11.8 Å². The molecule has 0 unspecified atom stereocenters. The predicted molar refractivity (Wildman–Crippen MR) is 129 cm³/mol. The summed E-state index contributed by atoms with van der Waals surface area (Å²) in [5.41, 5.74) is 3.61. The second kappa shape index (κ2) is 9.61. The molecule has 2 heterocycles. The second-order valence-electron chi connectivity index (χ2n) is 7.86. The summed E-state index contributed by atoms with van der Waals surface area (Å²) in [6, 6.07) is 21.1. The molecular formula is C26H23N3O4S. The highest BCUT2D eigenvalue weighted by molar-refractivity contribution is 7.99. The Kier molecular flexibility index (Phi) is 6.22. The molecule has 0 saturated carbocycles. The molecule has 4 aromatic rings. The van der Waals surface area contributed by atoms with Gasteiger partial charge in [-0.1, -0.05) is 48.2 Å². The van der Waals surface area contributed by atoms with Crippen molar-refractivity contribution < 1.29 is 19.0 Å². The molecule has 0 amide bonds. The zero-order valence-electron chi connectivity index (χ0n) is 18.9. The topological polar surface area (TPSA) is 75.5 Å². The van der Waals surface area contributed by atoms with Gasteiger partial charge < -0.3 is 14.2 Å². The smallest absolute Gasteiger partial charge is 0.231 e. The van der Waals surface area contributed by atoms with Crippen molar-refractivity contribution in [3.05, 3.63) is 89.2 Å². The van der Waals surface area contributed by atoms with Crippen LogP contribution < -0.4 is 14.2 Å². The highest BCUT2D eigenvalue weighted by atomic mass is 32.2. The van der Waals surface area contributed by atoms with Gasteiger partial charge in [0.25, 0.3) is 0 Å². The first-order chi connectivity index (χ1) is 16.6. The molecule has 0 spiro atoms. The van der Waals surface area contributed by atoms with Crippen molar-refractivity contribution in [2.24, 2.45) is 0 Å². The van der Waals surface area contributed by atoms with Crippen molar-refractivity contribution in [2.75, 3.05) is 12.5 Å². The molecule has 1 aliphatic heterocycles. The largest absolute Gasteiger partial charge is 0.485 e. The van der Waals surface area contributed by atoms with Gasteiger partial charge in [-0.05, 0) is 55.3 Å². The number of rotatable bonds is 8. The molecule has 1 aliphatic rings. The molecule has 3 aromatic carbocycles. The van der Waals surface area contributed by atoms with Gasteiger partial charge in [0.1, 0.15) is 12.4 Å². The Morgan fingerprint density at radius 1 is 0.971 bits per heavy atom. The van der Waals surface area contributed by atoms with Gasteiger partial charge in [-0.15, -0.1) is 10.2 Å². The quantitative estimate of drug-likeness (QED) is 0.258. The fraction of sp³-hybridized carbons (Fsp3) is 0.192. The number of carbonyl (C=O) groups excluding carboxylic acids is 1. The van der Waals surface area contributed by atoms with E-state index < -0.39 is 0 Å². The molecule has 8 heteroatoms. The molecule has 0 radical (unpaired) electrons. The van der Waals surface area contributed by atoms with E-state index in [0.29, 0.717) is 28.0 Å². The van der Waals surface area contributed by atoms with Crippen LogP contribution in [0.3, 0.4) is 0 Å². The third-order valence-electron chi connectivity index (χ3n) is 5.50. The number of hydrogen-bond acceptors (Lipinski definition) is 7. The zero-order chi connectivity index (χ0) is 23.5. The highest BCUT2D eigenvalue weighted by Crippen LogP contribution is 2.33. The minimum absolute atomic E-state index is 0.0285. The average Bonchev–Trinajstić information content (AvgIpc) is 3.49. The van der Waals surface area contributed by atoms with E-state index in [0.717, 1.165) is 22.6 Å². The third kappa shape index (κ3) is 4.49. The van der Waals surface area contributed by atoms with Gasteiger partial charge >= 0.3 is 0 Å². The first-order valence-corrected chi connectivity index (χ1v) is 11.8. The number of aryl methyl sites for hydroxylation is 2. The van der Waals surface area contributed by atoms with E-state index in [9.17, 15) is 4.79 Å². The van der Waals surface area contributed by atoms with Crippen LogP contribution in [-0.2, 0) is 6.61 Å². The Bertz CT molecular complexity index is 1320. The summed E-state index contributed by atoms with van der Waals surface area (Å²) in [5.74, 6) is 2.93. The van der Waals surface area contributed by atoms with Crippen molar-refractivity contribution in [1.82, 2.24) is 14.8 Å². The number of carbonyl (C=O) groups is 1. The van der Waals surface area contributed by atoms with Crippen LogP contribution in [-0.4, -0.2) is 33.1 Å². The lowest BCUT2D eigenvalue weighted by Crippen LogP contribution is -2.08. The summed E-state index contributed by atoms with van der Waals surface area (Å²) in [4.78, 5) is 12.9. The SMILES string of the molecule is Cc1cccc(C)c1OCc1nnc(SCC(=O)c2ccc3c(c2)OCO3)n1-c1ccccc1. The summed E-state index contributed by atoms with van der Waals surface area (Å²) in [7, 11) is 0. The van der Waals surface area contributed by atoms with Gasteiger partial charge in [-0.25, -0.2) is 0 Å². The molecule has 7 nitrogen and oxygen atoms in total. The highest BCUT2D eigenvalue weighted by Gasteiger charge is 2.20. The summed E-state index contributed by atoms with van der Waals surface area (Å²) < 4.78 is 18.8. The van der Waals surface area contributed by atoms with Crippen molar-refractivity contribution in [3.63, 3.8) is 0 Å². The van der Waals surface area contributed by atoms with Crippen LogP contribution in [0.25, 0.3) is 5.69 Å². The number of hydrogen-bond donors (Lipinski definition) is 0. The van der Waals surface area contributed by atoms with Crippen molar-refractivity contribution in [3.8, 4) is 22.9 Å². The second-order valence-corrected chi connectivity index (χ2v) is 8.80. The number of benzene rings is 3. The molecule has 172 valence electrons. The van der Waals surface area contributed by atoms with Crippen LogP contribution in [0, 0.1) is 13.8 Å². The van der Waals surface area contributed by atoms with Crippen molar-refractivity contribution in [1.29, 1.82) is 0 Å². The number of ether oxygens (including phenoxy) is 3. The zero-order valence-corrected chi connectivity index (χ0v) is 19.7. The van der Waals surface area contributed by atoms with E-state index in [2.05, 4.69) is 10.2 Å². The summed E-state index contributed by atoms with van der Waals surface area (Å²) in [6.45, 7) is 4.47. The molecule has 0 aliphatic carbocycles. The Morgan fingerprint density at radius 3 is 2.53 bits per heavy atom. The van der Waals surface area contributed by atoms with E-state index in [4.69, 9.17) is 14.2 Å². The van der Waals surface area contributed by atoms with Crippen molar-refractivity contribution >= 4 is 17.5 Å². The Labute approximate surface area is 201 Å². The lowest BCUT2D eigenvalue weighted by molar-refractivity contribution is 0.102. The Balaban J connectivity index is 1.37. The normalized spacial score (nSPS) is 12.1. The van der Waals surface area contributed by atoms with Crippen molar-refractivity contribution in [2.45, 2.75) is 25.6 Å². The molecule has 34 heavy (non-hydrogen) atoms. The Hall–Kier alpha value is -3.78. The minimum atomic E-state index is -0.0285. The van der Waals surface area contributed by atoms with Gasteiger partial charge in [0, 0.05) is 11.3 Å². The molecule has 5 rings (SSSR count). The summed E-state index contributed by atoms with van der Waals surface area (Å²) in [5, 5.41) is 9.38. The number of ketones is 1. The van der Waals surface area contributed by atoms with Gasteiger partial charge in [0.2, 0.25) is 6.79 Å². The van der Waals surface area contributed by atoms with Crippen LogP contribution in [0.4, 0.5) is 0 Å². The average molecular weight is 474 g/mol. The molecule has 0 fully saturated rings. The van der Waals surface area contributed by atoms with E-state index in [1.54, 1.807) is 18.2 Å². The number of para-hydroxylation sites is 2. The van der Waals surface area contributed by atoms with E-state index in [1.807, 2.05) is 66.9 Å². The van der Waals surface area contributed by atoms with Crippen LogP contribution >= 0.6 is 11.8 Å². The fourth-order valence-electron chi connectivity index (χ4n) is 3.77. The number of nitrogens with zero attached hydrogens (tertiary/aromatic N) is 3. The number of Topliss-reactive ketones (excluding diaryl/α,β-unsaturated/α-hetero) is 1. The lowest BCUT2D eigenvalue weighted by Gasteiger charge is -2.13. The van der Waals surface area contributed by atoms with Crippen LogP contribution in [0.5, 0.6) is 17.2 Å². The first kappa shape index (κ1) is 22.0. The molecule has 0 N–H and O–H groups in total. The minimum Gasteiger partial charge on any atom is -0.485 e. The molecule has 1 aromatic heterocycles. The lowest BCUT2D eigenvalue weighted by atomic mass is 10.1. The van der Waals surface area contributed by atoms with Gasteiger partial charge in [0.15, 0.2) is 28.3 Å². The fourth-order valence-corrected chi connectivity index (χ4v) is 4.64. The third-order valence-corrected chi connectivity index (χ3v) is 6.42. The van der Waals surface area contributed by atoms with Crippen LogP contribution in [0.15, 0.2) is 71.9 Å².